The summed E-state index contributed by atoms with van der Waals surface area (Å²) in [4.78, 5) is 15.3. The zero-order valence-electron chi connectivity index (χ0n) is 30.2. The molecule has 258 valence electrons. The van der Waals surface area contributed by atoms with Gasteiger partial charge in [0.05, 0.1) is 16.6 Å². The van der Waals surface area contributed by atoms with Gasteiger partial charge in [-0.2, -0.15) is 0 Å². The number of hydrogen-bond acceptors (Lipinski definition) is 4. The molecule has 4 heterocycles. The Labute approximate surface area is 321 Å². The third-order valence-electron chi connectivity index (χ3n) is 11.8. The molecule has 0 atom stereocenters. The van der Waals surface area contributed by atoms with Gasteiger partial charge in [-0.1, -0.05) is 123 Å². The van der Waals surface area contributed by atoms with Crippen LogP contribution in [0.1, 0.15) is 25.0 Å². The molecule has 0 N–H and O–H groups in total. The van der Waals surface area contributed by atoms with Crippen LogP contribution in [0.15, 0.2) is 158 Å². The first-order valence-corrected chi connectivity index (χ1v) is 19.6. The number of rotatable bonds is 3. The van der Waals surface area contributed by atoms with E-state index < -0.39 is 0 Å². The number of pyridine rings is 1. The summed E-state index contributed by atoms with van der Waals surface area (Å²) < 4.78 is 5.10. The van der Waals surface area contributed by atoms with Crippen LogP contribution in [0.3, 0.4) is 0 Å². The summed E-state index contributed by atoms with van der Waals surface area (Å²) in [5.74, 6) is 0.678. The summed E-state index contributed by atoms with van der Waals surface area (Å²) in [7, 11) is 0. The molecule has 7 aromatic carbocycles. The Morgan fingerprint density at radius 3 is 2.24 bits per heavy atom. The van der Waals surface area contributed by atoms with E-state index >= 15 is 0 Å². The Balaban J connectivity index is 1.10. The molecule has 0 unspecified atom stereocenters. The summed E-state index contributed by atoms with van der Waals surface area (Å²) >= 11 is 1.89. The fourth-order valence-electron chi connectivity index (χ4n) is 9.32. The smallest absolute Gasteiger partial charge is 0.160 e. The highest BCUT2D eigenvalue weighted by Gasteiger charge is 2.35. The summed E-state index contributed by atoms with van der Waals surface area (Å²) in [6.45, 7) is 4.64. The highest BCUT2D eigenvalue weighted by Crippen LogP contribution is 2.50. The molecule has 0 saturated heterocycles. The highest BCUT2D eigenvalue weighted by atomic mass is 32.1. The van der Waals surface area contributed by atoms with E-state index in [1.165, 1.54) is 75.0 Å². The first-order valence-electron chi connectivity index (χ1n) is 18.8. The molecule has 1 aliphatic rings. The normalized spacial score (nSPS) is 13.4. The molecule has 1 aliphatic carbocycles. The van der Waals surface area contributed by atoms with E-state index in [2.05, 4.69) is 158 Å². The number of benzene rings is 7. The van der Waals surface area contributed by atoms with E-state index in [1.807, 2.05) is 29.7 Å². The minimum Gasteiger partial charge on any atom is -0.309 e. The van der Waals surface area contributed by atoms with Crippen molar-refractivity contribution in [3.05, 3.63) is 169 Å². The second kappa shape index (κ2) is 11.2. The number of aromatic nitrogens is 4. The monoisotopic (exact) mass is 720 g/mol. The molecule has 4 nitrogen and oxygen atoms in total. The van der Waals surface area contributed by atoms with Gasteiger partial charge in [0.25, 0.3) is 0 Å². The first-order chi connectivity index (χ1) is 27.0. The molecule has 4 aromatic heterocycles. The second-order valence-corrected chi connectivity index (χ2v) is 16.2. The van der Waals surface area contributed by atoms with E-state index in [0.29, 0.717) is 5.82 Å². The summed E-state index contributed by atoms with van der Waals surface area (Å²) in [6, 6.07) is 54.8. The molecule has 0 radical (unpaired) electrons. The number of para-hydroxylation sites is 1. The van der Waals surface area contributed by atoms with E-state index in [1.54, 1.807) is 0 Å². The third kappa shape index (κ3) is 4.24. The van der Waals surface area contributed by atoms with Crippen LogP contribution >= 0.6 is 11.3 Å². The number of nitrogens with zero attached hydrogens (tertiary/aromatic N) is 4. The molecule has 0 fully saturated rings. The molecule has 5 heteroatoms. The van der Waals surface area contributed by atoms with Gasteiger partial charge < -0.3 is 4.57 Å². The van der Waals surface area contributed by atoms with Gasteiger partial charge in [-0.25, -0.2) is 9.97 Å². The van der Waals surface area contributed by atoms with Crippen molar-refractivity contribution < 1.29 is 0 Å². The predicted molar refractivity (Wildman–Crippen MR) is 231 cm³/mol. The lowest BCUT2D eigenvalue weighted by molar-refractivity contribution is 0.660. The molecule has 0 spiro atoms. The summed E-state index contributed by atoms with van der Waals surface area (Å²) in [6.07, 6.45) is 1.84. The predicted octanol–water partition coefficient (Wildman–Crippen LogP) is 13.3. The maximum Gasteiger partial charge on any atom is 0.160 e. The lowest BCUT2D eigenvalue weighted by Crippen LogP contribution is -2.15. The third-order valence-corrected chi connectivity index (χ3v) is 13.0. The summed E-state index contributed by atoms with van der Waals surface area (Å²) in [5.41, 5.74) is 13.1. The molecule has 0 aliphatic heterocycles. The van der Waals surface area contributed by atoms with Gasteiger partial charge in [0.1, 0.15) is 11.2 Å². The SMILES string of the molecule is CC1(C)c2ccccc2-c2ccc(-c3nc(-c4cccc(-n5c6ccccc6c6c7c8ccccc8sc7c7ccccc7c65)c4)nc4cccnc34)cc21. The van der Waals surface area contributed by atoms with Crippen LogP contribution in [0.25, 0.3) is 103 Å². The number of hydrogen-bond donors (Lipinski definition) is 0. The van der Waals surface area contributed by atoms with Crippen molar-refractivity contribution in [1.82, 2.24) is 19.5 Å². The highest BCUT2D eigenvalue weighted by molar-refractivity contribution is 7.27. The average molecular weight is 721 g/mol. The molecular weight excluding hydrogens is 689 g/mol. The Morgan fingerprint density at radius 1 is 0.564 bits per heavy atom. The minimum atomic E-state index is -0.122. The first kappa shape index (κ1) is 30.7. The molecule has 12 rings (SSSR count). The maximum atomic E-state index is 5.35. The average Bonchev–Trinajstić information content (AvgIpc) is 3.87. The Morgan fingerprint density at radius 2 is 1.33 bits per heavy atom. The quantitative estimate of drug-likeness (QED) is 0.182. The number of fused-ring (bicyclic) bond motifs is 14. The zero-order valence-corrected chi connectivity index (χ0v) is 31.0. The summed E-state index contributed by atoms with van der Waals surface area (Å²) in [5, 5.41) is 7.70. The minimum absolute atomic E-state index is 0.122. The van der Waals surface area contributed by atoms with E-state index in [4.69, 9.17) is 15.0 Å². The van der Waals surface area contributed by atoms with Crippen molar-refractivity contribution in [3.8, 4) is 39.5 Å². The van der Waals surface area contributed by atoms with Crippen LogP contribution in [0.5, 0.6) is 0 Å². The largest absolute Gasteiger partial charge is 0.309 e. The molecular formula is C50H32N4S. The second-order valence-electron chi connectivity index (χ2n) is 15.2. The van der Waals surface area contributed by atoms with Crippen molar-refractivity contribution >= 4 is 75.1 Å². The van der Waals surface area contributed by atoms with Crippen LogP contribution in [0.4, 0.5) is 0 Å². The van der Waals surface area contributed by atoms with Crippen molar-refractivity contribution in [3.63, 3.8) is 0 Å². The van der Waals surface area contributed by atoms with Crippen molar-refractivity contribution in [2.75, 3.05) is 0 Å². The van der Waals surface area contributed by atoms with Gasteiger partial charge in [0, 0.05) is 70.1 Å². The van der Waals surface area contributed by atoms with Crippen LogP contribution < -0.4 is 0 Å². The number of thiophene rings is 1. The van der Waals surface area contributed by atoms with Gasteiger partial charge in [-0.15, -0.1) is 11.3 Å². The van der Waals surface area contributed by atoms with Crippen LogP contribution in [-0.2, 0) is 5.41 Å². The fourth-order valence-corrected chi connectivity index (χ4v) is 10.6. The Bertz CT molecular complexity index is 3420. The van der Waals surface area contributed by atoms with Crippen molar-refractivity contribution in [1.29, 1.82) is 0 Å². The molecule has 0 bridgehead atoms. The van der Waals surface area contributed by atoms with Crippen LogP contribution in [0, 0.1) is 0 Å². The lowest BCUT2D eigenvalue weighted by atomic mass is 9.82. The lowest BCUT2D eigenvalue weighted by Gasteiger charge is -2.22. The standard InChI is InChI=1S/C50H32N4S/c1-50(2)38-20-8-5-15-32(38)33-25-24-29(28-39(33)50)45-46-40(21-12-26-51-46)52-49(53-45)30-13-11-14-31(27-30)54-41-22-9-6-18-36(41)43-44-37-19-7-10-23-42(37)55-48(44)35-17-4-3-16-34(35)47(43)54/h3-28H,1-2H3. The molecule has 0 saturated carbocycles. The Kier molecular flexibility index (Phi) is 6.24. The van der Waals surface area contributed by atoms with Crippen molar-refractivity contribution in [2.24, 2.45) is 0 Å². The molecule has 55 heavy (non-hydrogen) atoms. The zero-order chi connectivity index (χ0) is 36.4. The fraction of sp³-hybridized carbons (Fsp3) is 0.0600. The van der Waals surface area contributed by atoms with Crippen LogP contribution in [-0.4, -0.2) is 19.5 Å². The van der Waals surface area contributed by atoms with Gasteiger partial charge in [-0.05, 0) is 64.7 Å². The van der Waals surface area contributed by atoms with E-state index in [9.17, 15) is 0 Å². The van der Waals surface area contributed by atoms with Crippen LogP contribution in [0.2, 0.25) is 0 Å². The van der Waals surface area contributed by atoms with E-state index in [0.717, 1.165) is 33.5 Å². The maximum absolute atomic E-state index is 5.35. The van der Waals surface area contributed by atoms with Crippen molar-refractivity contribution in [2.45, 2.75) is 19.3 Å². The Hall–Kier alpha value is -6.69. The van der Waals surface area contributed by atoms with E-state index in [-0.39, 0.29) is 5.41 Å². The van der Waals surface area contributed by atoms with Gasteiger partial charge in [0.15, 0.2) is 5.82 Å². The molecule has 11 aromatic rings. The topological polar surface area (TPSA) is 43.6 Å². The molecule has 0 amide bonds. The van der Waals surface area contributed by atoms with Gasteiger partial charge >= 0.3 is 0 Å². The van der Waals surface area contributed by atoms with Gasteiger partial charge in [-0.3, -0.25) is 4.98 Å². The van der Waals surface area contributed by atoms with Gasteiger partial charge in [0.2, 0.25) is 0 Å².